The van der Waals surface area contributed by atoms with E-state index < -0.39 is 6.10 Å². The van der Waals surface area contributed by atoms with Gasteiger partial charge in [0.05, 0.1) is 6.10 Å². The van der Waals surface area contributed by atoms with E-state index in [1.165, 1.54) is 0 Å². The van der Waals surface area contributed by atoms with Crippen LogP contribution in [-0.4, -0.2) is 5.11 Å². The summed E-state index contributed by atoms with van der Waals surface area (Å²) in [7, 11) is 0. The molecule has 1 atom stereocenters. The van der Waals surface area contributed by atoms with Crippen LogP contribution < -0.4 is 0 Å². The molecule has 0 heterocycles. The summed E-state index contributed by atoms with van der Waals surface area (Å²) in [5.74, 6) is 0. The molecule has 1 N–H and O–H groups in total. The lowest BCUT2D eigenvalue weighted by atomic mass is 9.85. The second kappa shape index (κ2) is 4.09. The Hall–Kier alpha value is -0.240. The highest BCUT2D eigenvalue weighted by atomic mass is 35.5. The van der Waals surface area contributed by atoms with Gasteiger partial charge in [0.25, 0.3) is 0 Å². The molecule has 0 fully saturated rings. The van der Waals surface area contributed by atoms with Crippen LogP contribution in [0.5, 0.6) is 0 Å². The van der Waals surface area contributed by atoms with Gasteiger partial charge in [0.2, 0.25) is 0 Å². The van der Waals surface area contributed by atoms with E-state index >= 15 is 0 Å². The highest BCUT2D eigenvalue weighted by Crippen LogP contribution is 2.36. The van der Waals surface area contributed by atoms with E-state index in [0.717, 1.165) is 5.56 Å². The second-order valence-electron chi connectivity index (χ2n) is 4.43. The molecule has 0 aromatic heterocycles. The van der Waals surface area contributed by atoms with E-state index in [1.54, 1.807) is 18.2 Å². The van der Waals surface area contributed by atoms with Crippen LogP contribution in [-0.2, 0) is 0 Å². The van der Waals surface area contributed by atoms with E-state index in [-0.39, 0.29) is 5.41 Å². The van der Waals surface area contributed by atoms with Crippen molar-refractivity contribution in [2.24, 2.45) is 5.41 Å². The Morgan fingerprint density at radius 3 is 2.21 bits per heavy atom. The number of halogens is 2. The van der Waals surface area contributed by atoms with E-state index in [2.05, 4.69) is 0 Å². The molecule has 0 aliphatic rings. The molecule has 1 aromatic rings. The average molecular weight is 233 g/mol. The fourth-order valence-corrected chi connectivity index (χ4v) is 1.70. The fraction of sp³-hybridized carbons (Fsp3) is 0.455. The maximum absolute atomic E-state index is 10.0. The summed E-state index contributed by atoms with van der Waals surface area (Å²) in [5.41, 5.74) is 0.501. The number of benzene rings is 1. The van der Waals surface area contributed by atoms with Crippen molar-refractivity contribution in [3.8, 4) is 0 Å². The maximum Gasteiger partial charge on any atom is 0.0852 e. The van der Waals surface area contributed by atoms with Crippen LogP contribution in [0.25, 0.3) is 0 Å². The van der Waals surface area contributed by atoms with Crippen molar-refractivity contribution in [1.29, 1.82) is 0 Å². The topological polar surface area (TPSA) is 20.2 Å². The third kappa shape index (κ3) is 2.63. The first-order valence-electron chi connectivity index (χ1n) is 4.45. The third-order valence-corrected chi connectivity index (χ3v) is 2.64. The predicted octanol–water partition coefficient (Wildman–Crippen LogP) is 4.07. The van der Waals surface area contributed by atoms with Gasteiger partial charge < -0.3 is 5.11 Å². The first-order valence-corrected chi connectivity index (χ1v) is 5.21. The maximum atomic E-state index is 10.0. The Morgan fingerprint density at radius 1 is 1.21 bits per heavy atom. The SMILES string of the molecule is CC(C)(C)C(O)c1ccc(Cl)cc1Cl. The minimum atomic E-state index is -0.577. The van der Waals surface area contributed by atoms with Crippen molar-refractivity contribution in [1.82, 2.24) is 0 Å². The second-order valence-corrected chi connectivity index (χ2v) is 5.28. The van der Waals surface area contributed by atoms with Gasteiger partial charge in [0.1, 0.15) is 0 Å². The molecule has 0 saturated heterocycles. The molecule has 0 radical (unpaired) electrons. The standard InChI is InChI=1S/C11H14Cl2O/c1-11(2,3)10(14)8-5-4-7(12)6-9(8)13/h4-6,10,14H,1-3H3. The molecule has 78 valence electrons. The normalized spacial score (nSPS) is 14.1. The molecule has 0 bridgehead atoms. The van der Waals surface area contributed by atoms with E-state index in [1.807, 2.05) is 20.8 Å². The molecule has 1 aromatic carbocycles. The van der Waals surface area contributed by atoms with Crippen molar-refractivity contribution < 1.29 is 5.11 Å². The summed E-state index contributed by atoms with van der Waals surface area (Å²) < 4.78 is 0. The highest BCUT2D eigenvalue weighted by Gasteiger charge is 2.25. The van der Waals surface area contributed by atoms with Crippen LogP contribution in [0.4, 0.5) is 0 Å². The minimum absolute atomic E-state index is 0.225. The molecule has 0 spiro atoms. The molecule has 1 unspecified atom stereocenters. The van der Waals surface area contributed by atoms with E-state index in [0.29, 0.717) is 10.0 Å². The molecule has 1 rings (SSSR count). The van der Waals surface area contributed by atoms with Gasteiger partial charge in [-0.25, -0.2) is 0 Å². The summed E-state index contributed by atoms with van der Waals surface area (Å²) in [6.45, 7) is 5.88. The zero-order chi connectivity index (χ0) is 10.9. The Morgan fingerprint density at radius 2 is 1.79 bits per heavy atom. The lowest BCUT2D eigenvalue weighted by Crippen LogP contribution is -2.18. The first kappa shape index (κ1) is 11.8. The molecule has 3 heteroatoms. The Balaban J connectivity index is 3.08. The van der Waals surface area contributed by atoms with Crippen molar-refractivity contribution in [2.45, 2.75) is 26.9 Å². The highest BCUT2D eigenvalue weighted by molar-refractivity contribution is 6.35. The van der Waals surface area contributed by atoms with Gasteiger partial charge in [0.15, 0.2) is 0 Å². The Bertz CT molecular complexity index is 329. The van der Waals surface area contributed by atoms with Gasteiger partial charge in [-0.2, -0.15) is 0 Å². The van der Waals surface area contributed by atoms with Gasteiger partial charge in [-0.1, -0.05) is 50.0 Å². The van der Waals surface area contributed by atoms with Gasteiger partial charge in [0, 0.05) is 10.0 Å². The number of hydrogen-bond donors (Lipinski definition) is 1. The van der Waals surface area contributed by atoms with Crippen molar-refractivity contribution in [3.05, 3.63) is 33.8 Å². The molecular weight excluding hydrogens is 219 g/mol. The summed E-state index contributed by atoms with van der Waals surface area (Å²) in [6, 6.07) is 5.14. The Kier molecular flexibility index (Phi) is 3.46. The van der Waals surface area contributed by atoms with Crippen LogP contribution in [0.3, 0.4) is 0 Å². The lowest BCUT2D eigenvalue weighted by molar-refractivity contribution is 0.0627. The molecule has 14 heavy (non-hydrogen) atoms. The monoisotopic (exact) mass is 232 g/mol. The molecule has 1 nitrogen and oxygen atoms in total. The fourth-order valence-electron chi connectivity index (χ4n) is 1.19. The van der Waals surface area contributed by atoms with Crippen LogP contribution in [0.1, 0.15) is 32.4 Å². The van der Waals surface area contributed by atoms with Crippen LogP contribution >= 0.6 is 23.2 Å². The Labute approximate surface area is 94.7 Å². The zero-order valence-corrected chi connectivity index (χ0v) is 10.0. The van der Waals surface area contributed by atoms with Crippen LogP contribution in [0.2, 0.25) is 10.0 Å². The van der Waals surface area contributed by atoms with Gasteiger partial charge in [-0.3, -0.25) is 0 Å². The lowest BCUT2D eigenvalue weighted by Gasteiger charge is -2.26. The van der Waals surface area contributed by atoms with Gasteiger partial charge in [-0.15, -0.1) is 0 Å². The number of aliphatic hydroxyl groups excluding tert-OH is 1. The quantitative estimate of drug-likeness (QED) is 0.775. The predicted molar refractivity (Wildman–Crippen MR) is 60.9 cm³/mol. The molecular formula is C11H14Cl2O. The summed E-state index contributed by atoms with van der Waals surface area (Å²) in [4.78, 5) is 0. The molecule has 0 saturated carbocycles. The van der Waals surface area contributed by atoms with Crippen molar-refractivity contribution in [3.63, 3.8) is 0 Å². The summed E-state index contributed by atoms with van der Waals surface area (Å²) in [6.07, 6.45) is -0.577. The largest absolute Gasteiger partial charge is 0.388 e. The number of hydrogen-bond acceptors (Lipinski definition) is 1. The smallest absolute Gasteiger partial charge is 0.0852 e. The third-order valence-electron chi connectivity index (χ3n) is 2.08. The zero-order valence-electron chi connectivity index (χ0n) is 8.51. The minimum Gasteiger partial charge on any atom is -0.388 e. The molecule has 0 amide bonds. The van der Waals surface area contributed by atoms with Gasteiger partial charge >= 0.3 is 0 Å². The van der Waals surface area contributed by atoms with Crippen LogP contribution in [0, 0.1) is 5.41 Å². The van der Waals surface area contributed by atoms with E-state index in [4.69, 9.17) is 23.2 Å². The molecule has 0 aliphatic heterocycles. The summed E-state index contributed by atoms with van der Waals surface area (Å²) >= 11 is 11.8. The average Bonchev–Trinajstić information content (AvgIpc) is 2.01. The summed E-state index contributed by atoms with van der Waals surface area (Å²) in [5, 5.41) is 11.1. The van der Waals surface area contributed by atoms with Gasteiger partial charge in [-0.05, 0) is 23.1 Å². The first-order chi connectivity index (χ1) is 6.32. The van der Waals surface area contributed by atoms with Crippen LogP contribution in [0.15, 0.2) is 18.2 Å². The van der Waals surface area contributed by atoms with Crippen molar-refractivity contribution in [2.75, 3.05) is 0 Å². The van der Waals surface area contributed by atoms with E-state index in [9.17, 15) is 5.11 Å². The molecule has 0 aliphatic carbocycles. The van der Waals surface area contributed by atoms with Crippen molar-refractivity contribution >= 4 is 23.2 Å². The number of rotatable bonds is 1. The number of aliphatic hydroxyl groups is 1.